The molecule has 0 aliphatic heterocycles. The standard InChI is InChI=1S/C17H23N3O/c1-12-6-2-3-7-13(12)10-18-11-16-19-15-9-5-4-8-14(15)17(21)20-16/h4-5,8-9,12-13,18H,2-3,6-7,10-11H2,1H3,(H,19,20,21). The van der Waals surface area contributed by atoms with Crippen LogP contribution in [0.5, 0.6) is 0 Å². The maximum atomic E-state index is 12.0. The van der Waals surface area contributed by atoms with Crippen LogP contribution < -0.4 is 10.9 Å². The molecular weight excluding hydrogens is 262 g/mol. The number of hydrogen-bond acceptors (Lipinski definition) is 3. The predicted octanol–water partition coefficient (Wildman–Crippen LogP) is 2.84. The largest absolute Gasteiger partial charge is 0.310 e. The molecule has 4 heteroatoms. The summed E-state index contributed by atoms with van der Waals surface area (Å²) in [6.07, 6.45) is 5.38. The fourth-order valence-corrected chi connectivity index (χ4v) is 3.29. The normalized spacial score (nSPS) is 22.5. The summed E-state index contributed by atoms with van der Waals surface area (Å²) in [7, 11) is 0. The van der Waals surface area contributed by atoms with Gasteiger partial charge in [-0.15, -0.1) is 0 Å². The molecule has 1 aromatic heterocycles. The molecule has 1 aliphatic rings. The van der Waals surface area contributed by atoms with Crippen LogP contribution in [-0.2, 0) is 6.54 Å². The minimum absolute atomic E-state index is 0.0524. The average Bonchev–Trinajstić information content (AvgIpc) is 2.49. The molecule has 0 saturated heterocycles. The summed E-state index contributed by atoms with van der Waals surface area (Å²) in [5, 5.41) is 4.12. The second-order valence-corrected chi connectivity index (χ2v) is 6.18. The van der Waals surface area contributed by atoms with Crippen LogP contribution in [0, 0.1) is 11.8 Å². The zero-order chi connectivity index (χ0) is 14.7. The highest BCUT2D eigenvalue weighted by Gasteiger charge is 2.20. The Hall–Kier alpha value is -1.68. The molecule has 112 valence electrons. The van der Waals surface area contributed by atoms with Crippen molar-refractivity contribution < 1.29 is 0 Å². The summed E-state index contributed by atoms with van der Waals surface area (Å²) in [5.74, 6) is 2.28. The number of hydrogen-bond donors (Lipinski definition) is 2. The van der Waals surface area contributed by atoms with Gasteiger partial charge in [0.15, 0.2) is 0 Å². The van der Waals surface area contributed by atoms with Gasteiger partial charge in [-0.05, 0) is 36.9 Å². The fourth-order valence-electron chi connectivity index (χ4n) is 3.29. The van der Waals surface area contributed by atoms with Gasteiger partial charge in [0.25, 0.3) is 5.56 Å². The molecule has 0 radical (unpaired) electrons. The molecule has 1 aromatic carbocycles. The lowest BCUT2D eigenvalue weighted by molar-refractivity contribution is 0.247. The summed E-state index contributed by atoms with van der Waals surface area (Å²) >= 11 is 0. The van der Waals surface area contributed by atoms with Crippen LogP contribution in [0.15, 0.2) is 29.1 Å². The number of aromatic amines is 1. The molecule has 4 nitrogen and oxygen atoms in total. The molecule has 1 fully saturated rings. The number of nitrogens with zero attached hydrogens (tertiary/aromatic N) is 1. The third-order valence-corrected chi connectivity index (χ3v) is 4.65. The van der Waals surface area contributed by atoms with Gasteiger partial charge in [0.05, 0.1) is 17.4 Å². The van der Waals surface area contributed by atoms with E-state index in [1.54, 1.807) is 0 Å². The van der Waals surface area contributed by atoms with Crippen molar-refractivity contribution in [3.8, 4) is 0 Å². The Balaban J connectivity index is 1.64. The Labute approximate surface area is 125 Å². The molecule has 2 aromatic rings. The highest BCUT2D eigenvalue weighted by molar-refractivity contribution is 5.77. The molecule has 0 bridgehead atoms. The molecule has 2 unspecified atom stereocenters. The first-order valence-corrected chi connectivity index (χ1v) is 7.92. The Bertz CT molecular complexity index is 664. The predicted molar refractivity (Wildman–Crippen MR) is 85.2 cm³/mol. The quantitative estimate of drug-likeness (QED) is 0.908. The fraction of sp³-hybridized carbons (Fsp3) is 0.529. The molecule has 2 atom stereocenters. The minimum atomic E-state index is -0.0524. The Morgan fingerprint density at radius 3 is 2.95 bits per heavy atom. The summed E-state index contributed by atoms with van der Waals surface area (Å²) in [4.78, 5) is 19.4. The van der Waals surface area contributed by atoms with Crippen molar-refractivity contribution in [3.05, 3.63) is 40.4 Å². The molecular formula is C17H23N3O. The van der Waals surface area contributed by atoms with E-state index in [1.165, 1.54) is 25.7 Å². The van der Waals surface area contributed by atoms with Crippen LogP contribution in [0.2, 0.25) is 0 Å². The van der Waals surface area contributed by atoms with E-state index in [2.05, 4.69) is 22.2 Å². The van der Waals surface area contributed by atoms with Gasteiger partial charge in [-0.1, -0.05) is 38.3 Å². The number of fused-ring (bicyclic) bond motifs is 1. The van der Waals surface area contributed by atoms with Crippen molar-refractivity contribution in [3.63, 3.8) is 0 Å². The maximum absolute atomic E-state index is 12.0. The van der Waals surface area contributed by atoms with Crippen molar-refractivity contribution >= 4 is 10.9 Å². The van der Waals surface area contributed by atoms with Crippen molar-refractivity contribution in [1.82, 2.24) is 15.3 Å². The number of H-pyrrole nitrogens is 1. The lowest BCUT2D eigenvalue weighted by atomic mass is 9.80. The highest BCUT2D eigenvalue weighted by Crippen LogP contribution is 2.28. The number of nitrogens with one attached hydrogen (secondary N) is 2. The van der Waals surface area contributed by atoms with Crippen LogP contribution >= 0.6 is 0 Å². The maximum Gasteiger partial charge on any atom is 0.258 e. The summed E-state index contributed by atoms with van der Waals surface area (Å²) in [6, 6.07) is 7.47. The van der Waals surface area contributed by atoms with Crippen molar-refractivity contribution in [2.24, 2.45) is 11.8 Å². The first kappa shape index (κ1) is 14.3. The van der Waals surface area contributed by atoms with E-state index in [4.69, 9.17) is 0 Å². The first-order valence-electron chi connectivity index (χ1n) is 7.92. The smallest absolute Gasteiger partial charge is 0.258 e. The molecule has 3 rings (SSSR count). The first-order chi connectivity index (χ1) is 10.2. The molecule has 0 amide bonds. The lowest BCUT2D eigenvalue weighted by Gasteiger charge is -2.28. The second-order valence-electron chi connectivity index (χ2n) is 6.18. The summed E-state index contributed by atoms with van der Waals surface area (Å²) in [5.41, 5.74) is 0.715. The molecule has 1 heterocycles. The summed E-state index contributed by atoms with van der Waals surface area (Å²) < 4.78 is 0. The van der Waals surface area contributed by atoms with E-state index in [0.717, 1.165) is 29.7 Å². The third kappa shape index (κ3) is 3.32. The molecule has 1 aliphatic carbocycles. The number of benzene rings is 1. The van der Waals surface area contributed by atoms with Gasteiger partial charge in [0, 0.05) is 0 Å². The van der Waals surface area contributed by atoms with Gasteiger partial charge in [-0.25, -0.2) is 4.98 Å². The van der Waals surface area contributed by atoms with Crippen molar-refractivity contribution in [2.45, 2.75) is 39.2 Å². The number of para-hydroxylation sites is 1. The van der Waals surface area contributed by atoms with Gasteiger partial charge in [0.2, 0.25) is 0 Å². The Kier molecular flexibility index (Phi) is 4.34. The van der Waals surface area contributed by atoms with E-state index >= 15 is 0 Å². The number of aromatic nitrogens is 2. The van der Waals surface area contributed by atoms with E-state index in [9.17, 15) is 4.79 Å². The van der Waals surface area contributed by atoms with Crippen LogP contribution in [0.1, 0.15) is 38.4 Å². The van der Waals surface area contributed by atoms with Crippen molar-refractivity contribution in [1.29, 1.82) is 0 Å². The zero-order valence-electron chi connectivity index (χ0n) is 12.6. The Morgan fingerprint density at radius 1 is 1.29 bits per heavy atom. The van der Waals surface area contributed by atoms with Gasteiger partial charge < -0.3 is 10.3 Å². The topological polar surface area (TPSA) is 57.8 Å². The zero-order valence-corrected chi connectivity index (χ0v) is 12.6. The summed E-state index contributed by atoms with van der Waals surface area (Å²) in [6.45, 7) is 3.99. The lowest BCUT2D eigenvalue weighted by Crippen LogP contribution is -2.30. The van der Waals surface area contributed by atoms with Crippen LogP contribution in [0.4, 0.5) is 0 Å². The van der Waals surface area contributed by atoms with Gasteiger partial charge in [0.1, 0.15) is 5.82 Å². The van der Waals surface area contributed by atoms with E-state index in [-0.39, 0.29) is 5.56 Å². The highest BCUT2D eigenvalue weighted by atomic mass is 16.1. The van der Waals surface area contributed by atoms with Gasteiger partial charge in [-0.2, -0.15) is 0 Å². The molecule has 1 saturated carbocycles. The molecule has 21 heavy (non-hydrogen) atoms. The van der Waals surface area contributed by atoms with E-state index in [1.807, 2.05) is 24.3 Å². The SMILES string of the molecule is CC1CCCCC1CNCc1nc2ccccc2c(=O)[nH]1. The Morgan fingerprint density at radius 2 is 2.10 bits per heavy atom. The minimum Gasteiger partial charge on any atom is -0.310 e. The van der Waals surface area contributed by atoms with Crippen molar-refractivity contribution in [2.75, 3.05) is 6.54 Å². The van der Waals surface area contributed by atoms with E-state index in [0.29, 0.717) is 11.9 Å². The average molecular weight is 285 g/mol. The molecule has 0 spiro atoms. The van der Waals surface area contributed by atoms with E-state index < -0.39 is 0 Å². The van der Waals surface area contributed by atoms with Crippen LogP contribution in [-0.4, -0.2) is 16.5 Å². The van der Waals surface area contributed by atoms with Crippen LogP contribution in [0.3, 0.4) is 0 Å². The van der Waals surface area contributed by atoms with Gasteiger partial charge in [-0.3, -0.25) is 4.79 Å². The second kappa shape index (κ2) is 6.39. The monoisotopic (exact) mass is 285 g/mol. The third-order valence-electron chi connectivity index (χ3n) is 4.65. The molecule has 2 N–H and O–H groups in total. The van der Waals surface area contributed by atoms with Crippen LogP contribution in [0.25, 0.3) is 10.9 Å². The van der Waals surface area contributed by atoms with Gasteiger partial charge >= 0.3 is 0 Å². The number of rotatable bonds is 4.